The van der Waals surface area contributed by atoms with E-state index in [1.54, 1.807) is 54.5 Å². The summed E-state index contributed by atoms with van der Waals surface area (Å²) in [7, 11) is 2.97. The average molecular weight is 468 g/mol. The van der Waals surface area contributed by atoms with Crippen molar-refractivity contribution in [2.75, 3.05) is 18.9 Å². The number of nitrogens with zero attached hydrogens (tertiary/aromatic N) is 9. The second-order valence-corrected chi connectivity index (χ2v) is 7.77. The lowest BCUT2D eigenvalue weighted by Crippen LogP contribution is -2.47. The van der Waals surface area contributed by atoms with Gasteiger partial charge in [0.2, 0.25) is 5.95 Å². The van der Waals surface area contributed by atoms with Crippen LogP contribution in [-0.4, -0.2) is 75.2 Å². The average Bonchev–Trinajstić information content (AvgIpc) is 3.50. The van der Waals surface area contributed by atoms with Gasteiger partial charge in [-0.2, -0.15) is 5.10 Å². The quantitative estimate of drug-likeness (QED) is 0.437. The molecule has 12 nitrogen and oxygen atoms in total. The molecule has 0 bridgehead atoms. The van der Waals surface area contributed by atoms with Crippen molar-refractivity contribution < 1.29 is 18.7 Å². The smallest absolute Gasteiger partial charge is 0.308 e. The molecule has 5 rings (SSSR count). The van der Waals surface area contributed by atoms with Gasteiger partial charge >= 0.3 is 5.92 Å². The molecule has 1 saturated heterocycles. The zero-order valence-electron chi connectivity index (χ0n) is 18.0. The van der Waals surface area contributed by atoms with Gasteiger partial charge in [0, 0.05) is 32.6 Å². The van der Waals surface area contributed by atoms with Gasteiger partial charge in [-0.3, -0.25) is 9.48 Å². The molecule has 34 heavy (non-hydrogen) atoms. The number of hydrogen-bond donors (Lipinski definition) is 2. The second-order valence-electron chi connectivity index (χ2n) is 7.77. The highest BCUT2D eigenvalue weighted by Crippen LogP contribution is 2.43. The lowest BCUT2D eigenvalue weighted by Gasteiger charge is -2.23. The molecule has 1 amide bonds. The third kappa shape index (κ3) is 3.44. The predicted octanol–water partition coefficient (Wildman–Crippen LogP) is 0.891. The van der Waals surface area contributed by atoms with E-state index in [9.17, 15) is 18.7 Å². The maximum absolute atomic E-state index is 14.4. The van der Waals surface area contributed by atoms with E-state index in [1.165, 1.54) is 7.05 Å². The summed E-state index contributed by atoms with van der Waals surface area (Å²) >= 11 is 0. The number of aromatic nitrogens is 8. The minimum atomic E-state index is -3.73. The number of amides is 1. The van der Waals surface area contributed by atoms with Gasteiger partial charge in [0.1, 0.15) is 5.69 Å². The van der Waals surface area contributed by atoms with Crippen molar-refractivity contribution in [2.24, 2.45) is 7.05 Å². The second kappa shape index (κ2) is 7.62. The number of halogens is 2. The Morgan fingerprint density at radius 2 is 1.91 bits per heavy atom. The number of anilines is 2. The molecule has 0 spiro atoms. The first-order chi connectivity index (χ1) is 16.2. The molecule has 0 saturated carbocycles. The fraction of sp³-hybridized carbons (Fsp3) is 0.250. The summed E-state index contributed by atoms with van der Waals surface area (Å²) in [5.41, 5.74) is -2.74. The van der Waals surface area contributed by atoms with Crippen molar-refractivity contribution >= 4 is 17.7 Å². The molecule has 1 atom stereocenters. The van der Waals surface area contributed by atoms with Crippen LogP contribution in [0.2, 0.25) is 0 Å². The molecule has 0 aromatic carbocycles. The van der Waals surface area contributed by atoms with Gasteiger partial charge in [-0.05, 0) is 18.2 Å². The highest BCUT2D eigenvalue weighted by molar-refractivity contribution is 5.89. The van der Waals surface area contributed by atoms with Gasteiger partial charge in [0.15, 0.2) is 11.6 Å². The molecular weight excluding hydrogens is 450 g/mol. The van der Waals surface area contributed by atoms with Crippen molar-refractivity contribution in [3.8, 4) is 17.2 Å². The maximum Gasteiger partial charge on any atom is 0.308 e. The number of aliphatic hydroxyl groups is 1. The largest absolute Gasteiger partial charge is 0.369 e. The minimum Gasteiger partial charge on any atom is -0.369 e. The molecule has 0 radical (unpaired) electrons. The Morgan fingerprint density at radius 1 is 1.12 bits per heavy atom. The van der Waals surface area contributed by atoms with Crippen LogP contribution in [0.3, 0.4) is 0 Å². The first kappa shape index (κ1) is 21.5. The summed E-state index contributed by atoms with van der Waals surface area (Å²) in [5, 5.41) is 25.2. The van der Waals surface area contributed by atoms with Crippen LogP contribution < -0.4 is 5.32 Å². The molecule has 5 heterocycles. The highest BCUT2D eigenvalue weighted by Gasteiger charge is 2.67. The Morgan fingerprint density at radius 3 is 2.62 bits per heavy atom. The van der Waals surface area contributed by atoms with Gasteiger partial charge in [0.25, 0.3) is 11.5 Å². The van der Waals surface area contributed by atoms with Crippen LogP contribution in [0.15, 0.2) is 48.9 Å². The summed E-state index contributed by atoms with van der Waals surface area (Å²) < 4.78 is 31.6. The molecular formula is C20H18F2N10O2. The molecule has 0 aliphatic carbocycles. The van der Waals surface area contributed by atoms with E-state index in [1.807, 2.05) is 0 Å². The van der Waals surface area contributed by atoms with Crippen molar-refractivity contribution in [1.29, 1.82) is 0 Å². The zero-order chi connectivity index (χ0) is 24.1. The monoisotopic (exact) mass is 468 g/mol. The molecule has 14 heteroatoms. The highest BCUT2D eigenvalue weighted by atomic mass is 19.3. The molecule has 1 aliphatic rings. The standard InChI is InChI=1S/C20H18F2N10O2/c1-30-11-19(21,22)20(34,17(30)33)14-10-32(29-27-14)16-5-3-4-12(24-16)13-6-8-23-18(25-13)26-15-7-9-31(2)28-15/h3-10,34H,11H2,1-2H3,(H,23,25,26,28). The molecule has 2 N–H and O–H groups in total. The summed E-state index contributed by atoms with van der Waals surface area (Å²) in [5.74, 6) is -3.79. The third-order valence-corrected chi connectivity index (χ3v) is 5.33. The van der Waals surface area contributed by atoms with Crippen LogP contribution >= 0.6 is 0 Å². The van der Waals surface area contributed by atoms with Crippen LogP contribution in [0.5, 0.6) is 0 Å². The van der Waals surface area contributed by atoms with Crippen molar-refractivity contribution in [1.82, 2.24) is 44.6 Å². The van der Waals surface area contributed by atoms with E-state index >= 15 is 0 Å². The number of carbonyl (C=O) groups is 1. The topological polar surface area (TPSA) is 140 Å². The number of hydrogen-bond acceptors (Lipinski definition) is 9. The Kier molecular flexibility index (Phi) is 4.82. The molecule has 1 aliphatic heterocycles. The van der Waals surface area contributed by atoms with Crippen molar-refractivity contribution in [2.45, 2.75) is 11.5 Å². The number of likely N-dealkylation sites (tertiary alicyclic amines) is 1. The van der Waals surface area contributed by atoms with Crippen molar-refractivity contribution in [3.63, 3.8) is 0 Å². The van der Waals surface area contributed by atoms with Crippen molar-refractivity contribution in [3.05, 3.63) is 54.6 Å². The zero-order valence-corrected chi connectivity index (χ0v) is 18.0. The van der Waals surface area contributed by atoms with Gasteiger partial charge < -0.3 is 15.3 Å². The number of pyridine rings is 1. The predicted molar refractivity (Wildman–Crippen MR) is 113 cm³/mol. The molecule has 4 aromatic rings. The Hall–Kier alpha value is -4.33. The molecule has 1 unspecified atom stereocenters. The van der Waals surface area contributed by atoms with E-state index in [2.05, 4.69) is 35.7 Å². The number of likely N-dealkylation sites (N-methyl/N-ethyl adjacent to an activating group) is 1. The summed E-state index contributed by atoms with van der Waals surface area (Å²) in [6.07, 6.45) is 4.38. The van der Waals surface area contributed by atoms with Crippen LogP contribution in [0.25, 0.3) is 17.2 Å². The Bertz CT molecular complexity index is 1390. The number of carbonyl (C=O) groups excluding carboxylic acids is 1. The van der Waals surface area contributed by atoms with E-state index in [0.29, 0.717) is 23.2 Å². The fourth-order valence-corrected chi connectivity index (χ4v) is 3.61. The van der Waals surface area contributed by atoms with Gasteiger partial charge in [-0.25, -0.2) is 28.4 Å². The first-order valence-electron chi connectivity index (χ1n) is 10.0. The SMILES string of the molecule is CN1CC(F)(F)C(O)(c2cn(-c3cccc(-c4ccnc(Nc5ccn(C)n5)n4)n3)nn2)C1=O. The van der Waals surface area contributed by atoms with Gasteiger partial charge in [-0.15, -0.1) is 5.10 Å². The lowest BCUT2D eigenvalue weighted by atomic mass is 9.95. The normalized spacial score (nSPS) is 19.6. The number of aryl methyl sites for hydroxylation is 1. The number of alkyl halides is 2. The van der Waals surface area contributed by atoms with E-state index in [4.69, 9.17) is 0 Å². The third-order valence-electron chi connectivity index (χ3n) is 5.33. The van der Waals surface area contributed by atoms with E-state index in [0.717, 1.165) is 15.8 Å². The van der Waals surface area contributed by atoms with E-state index in [-0.39, 0.29) is 5.82 Å². The maximum atomic E-state index is 14.4. The van der Waals surface area contributed by atoms with E-state index < -0.39 is 29.7 Å². The first-order valence-corrected chi connectivity index (χ1v) is 10.0. The fourth-order valence-electron chi connectivity index (χ4n) is 3.61. The number of nitrogens with one attached hydrogen (secondary N) is 1. The van der Waals surface area contributed by atoms with Crippen LogP contribution in [0.4, 0.5) is 20.5 Å². The Balaban J connectivity index is 1.44. The molecule has 4 aromatic heterocycles. The van der Waals surface area contributed by atoms with Crippen LogP contribution in [-0.2, 0) is 17.4 Å². The summed E-state index contributed by atoms with van der Waals surface area (Å²) in [6.45, 7) is -0.925. The Labute approximate surface area is 190 Å². The van der Waals surface area contributed by atoms with Gasteiger partial charge in [0.05, 0.1) is 24.1 Å². The van der Waals surface area contributed by atoms with Crippen LogP contribution in [0.1, 0.15) is 5.69 Å². The summed E-state index contributed by atoms with van der Waals surface area (Å²) in [6, 6.07) is 8.36. The lowest BCUT2D eigenvalue weighted by molar-refractivity contribution is -0.174. The number of rotatable bonds is 5. The van der Waals surface area contributed by atoms with Gasteiger partial charge in [-0.1, -0.05) is 11.3 Å². The van der Waals surface area contributed by atoms with Crippen LogP contribution in [0, 0.1) is 0 Å². The molecule has 174 valence electrons. The molecule has 1 fully saturated rings. The summed E-state index contributed by atoms with van der Waals surface area (Å²) in [4.78, 5) is 26.1. The minimum absolute atomic E-state index is 0.222.